The van der Waals surface area contributed by atoms with Crippen molar-refractivity contribution in [2.24, 2.45) is 46.3 Å². The predicted molar refractivity (Wildman–Crippen MR) is 146 cm³/mol. The number of aliphatic hydroxyl groups is 1. The van der Waals surface area contributed by atoms with Gasteiger partial charge in [-0.2, -0.15) is 0 Å². The van der Waals surface area contributed by atoms with Crippen LogP contribution in [0.5, 0.6) is 0 Å². The summed E-state index contributed by atoms with van der Waals surface area (Å²) in [6, 6.07) is 0. The van der Waals surface area contributed by atoms with Gasteiger partial charge >= 0.3 is 5.97 Å². The molecule has 9 unspecified atom stereocenters. The first kappa shape index (κ1) is 28.8. The molecule has 1 N–H and O–H groups in total. The molecule has 38 heavy (non-hydrogen) atoms. The first-order chi connectivity index (χ1) is 18.0. The molecule has 0 aromatic heterocycles. The number of hydrogen-bond donors (Lipinski definition) is 1. The van der Waals surface area contributed by atoms with Gasteiger partial charge in [-0.3, -0.25) is 4.79 Å². The molecular weight excluding hydrogens is 480 g/mol. The largest absolute Gasteiger partial charge is 0.469 e. The number of rotatable bonds is 8. The quantitative estimate of drug-likeness (QED) is 0.378. The molecule has 6 heteroatoms. The molecule has 1 heterocycles. The minimum Gasteiger partial charge on any atom is -0.469 e. The van der Waals surface area contributed by atoms with Gasteiger partial charge in [-0.1, -0.05) is 20.8 Å². The van der Waals surface area contributed by atoms with Crippen LogP contribution in [0.3, 0.4) is 0 Å². The molecule has 1 aliphatic heterocycles. The highest BCUT2D eigenvalue weighted by Gasteiger charge is 2.63. The van der Waals surface area contributed by atoms with Crippen LogP contribution in [-0.4, -0.2) is 55.5 Å². The predicted octanol–water partition coefficient (Wildman–Crippen LogP) is 6.13. The maximum Gasteiger partial charge on any atom is 0.305 e. The molecule has 0 radical (unpaired) electrons. The Morgan fingerprint density at radius 3 is 2.47 bits per heavy atom. The molecule has 5 rings (SSSR count). The molecule has 5 fully saturated rings. The maximum absolute atomic E-state index is 11.8. The van der Waals surface area contributed by atoms with E-state index in [2.05, 4.69) is 20.8 Å². The fourth-order valence-corrected chi connectivity index (χ4v) is 10.2. The van der Waals surface area contributed by atoms with E-state index in [4.69, 9.17) is 18.9 Å². The van der Waals surface area contributed by atoms with Gasteiger partial charge in [-0.15, -0.1) is 0 Å². The number of ether oxygens (including phenoxy) is 4. The Labute approximate surface area is 230 Å². The Morgan fingerprint density at radius 1 is 1.03 bits per heavy atom. The minimum absolute atomic E-state index is 0.0913. The summed E-state index contributed by atoms with van der Waals surface area (Å²) in [6.45, 7) is 12.7. The maximum atomic E-state index is 11.8. The molecule has 1 saturated heterocycles. The van der Waals surface area contributed by atoms with Crippen molar-refractivity contribution in [3.63, 3.8) is 0 Å². The lowest BCUT2D eigenvalue weighted by atomic mass is 9.43. The first-order valence-electron chi connectivity index (χ1n) is 15.6. The smallest absolute Gasteiger partial charge is 0.305 e. The van der Waals surface area contributed by atoms with Crippen LogP contribution in [0.2, 0.25) is 0 Å². The van der Waals surface area contributed by atoms with Crippen molar-refractivity contribution < 1.29 is 28.8 Å². The van der Waals surface area contributed by atoms with Crippen LogP contribution in [0.4, 0.5) is 0 Å². The van der Waals surface area contributed by atoms with E-state index in [9.17, 15) is 9.90 Å². The van der Waals surface area contributed by atoms with E-state index in [1.165, 1.54) is 39.2 Å². The van der Waals surface area contributed by atoms with Gasteiger partial charge in [-0.25, -0.2) is 0 Å². The van der Waals surface area contributed by atoms with Crippen LogP contribution in [0, 0.1) is 46.3 Å². The van der Waals surface area contributed by atoms with Gasteiger partial charge < -0.3 is 24.1 Å². The summed E-state index contributed by atoms with van der Waals surface area (Å²) < 4.78 is 23.0. The minimum atomic E-state index is -0.470. The zero-order chi connectivity index (χ0) is 27.3. The Hall–Kier alpha value is -0.690. The molecule has 11 atom stereocenters. The van der Waals surface area contributed by atoms with Crippen molar-refractivity contribution in [1.82, 2.24) is 0 Å². The number of hydrogen-bond acceptors (Lipinski definition) is 6. The number of methoxy groups -OCH3 is 1. The van der Waals surface area contributed by atoms with Gasteiger partial charge in [0, 0.05) is 13.0 Å². The molecular formula is C32H54O6. The second-order valence-corrected chi connectivity index (χ2v) is 14.6. The van der Waals surface area contributed by atoms with Crippen LogP contribution < -0.4 is 0 Å². The van der Waals surface area contributed by atoms with Crippen molar-refractivity contribution >= 4 is 5.97 Å². The topological polar surface area (TPSA) is 74.2 Å². The lowest BCUT2D eigenvalue weighted by Crippen LogP contribution is -2.58. The molecule has 218 valence electrons. The van der Waals surface area contributed by atoms with Gasteiger partial charge in [0.1, 0.15) is 0 Å². The van der Waals surface area contributed by atoms with Gasteiger partial charge in [0.15, 0.2) is 5.79 Å². The lowest BCUT2D eigenvalue weighted by Gasteiger charge is -2.62. The van der Waals surface area contributed by atoms with Crippen LogP contribution in [0.15, 0.2) is 0 Å². The average Bonchev–Trinajstić information content (AvgIpc) is 3.41. The van der Waals surface area contributed by atoms with Gasteiger partial charge in [0.05, 0.1) is 32.0 Å². The summed E-state index contributed by atoms with van der Waals surface area (Å²) in [5.74, 6) is 2.78. The van der Waals surface area contributed by atoms with Crippen LogP contribution in [-0.2, 0) is 23.7 Å². The number of fused-ring (bicyclic) bond motifs is 5. The Bertz CT molecular complexity index is 844. The molecule has 5 aliphatic rings. The third-order valence-electron chi connectivity index (χ3n) is 12.3. The van der Waals surface area contributed by atoms with E-state index in [0.717, 1.165) is 38.7 Å². The van der Waals surface area contributed by atoms with Crippen molar-refractivity contribution in [1.29, 1.82) is 0 Å². The van der Waals surface area contributed by atoms with E-state index in [-0.39, 0.29) is 23.6 Å². The van der Waals surface area contributed by atoms with E-state index in [0.29, 0.717) is 60.1 Å². The number of aliphatic hydroxyl groups excluding tert-OH is 1. The number of carbonyl (C=O) groups is 1. The molecule has 4 saturated carbocycles. The van der Waals surface area contributed by atoms with Gasteiger partial charge in [0.2, 0.25) is 0 Å². The summed E-state index contributed by atoms with van der Waals surface area (Å²) in [5.41, 5.74) is 0.591. The SMILES string of the molecule is COC(=O)CC[C@@H](C)C1CCC2C3C(O)CC4CC(OCC[C@H]5COC(C)(C)O5)CCC4(C)C3CCC21C. The van der Waals surface area contributed by atoms with Crippen LogP contribution in [0.1, 0.15) is 105 Å². The average molecular weight is 535 g/mol. The molecule has 4 aliphatic carbocycles. The standard InChI is InChI=1S/C32H54O6/c1-20(7-10-28(34)35-6)24-8-9-25-29-26(12-15-32(24,25)5)31(4)14-11-22(17-21(31)18-27(29)33)36-16-13-23-19-37-30(2,3)38-23/h20-27,29,33H,7-19H2,1-6H3/t20-,21?,22?,23+,24?,25?,26?,27?,29?,31?,32?/m1/s1. The van der Waals surface area contributed by atoms with Crippen molar-refractivity contribution in [2.45, 2.75) is 129 Å². The first-order valence-corrected chi connectivity index (χ1v) is 15.6. The lowest BCUT2D eigenvalue weighted by molar-refractivity contribution is -0.179. The second-order valence-electron chi connectivity index (χ2n) is 14.6. The Morgan fingerprint density at radius 2 is 1.76 bits per heavy atom. The Kier molecular flexibility index (Phi) is 8.30. The third-order valence-corrected chi connectivity index (χ3v) is 12.3. The molecule has 0 aromatic carbocycles. The molecule has 0 bridgehead atoms. The fourth-order valence-electron chi connectivity index (χ4n) is 10.2. The Balaban J connectivity index is 1.19. The second kappa shape index (κ2) is 10.9. The highest BCUT2D eigenvalue weighted by atomic mass is 16.7. The van der Waals surface area contributed by atoms with E-state index in [1.54, 1.807) is 0 Å². The zero-order valence-electron chi connectivity index (χ0n) is 24.9. The van der Waals surface area contributed by atoms with E-state index in [1.807, 2.05) is 13.8 Å². The number of carbonyl (C=O) groups excluding carboxylic acids is 1. The fraction of sp³-hybridized carbons (Fsp3) is 0.969. The van der Waals surface area contributed by atoms with Crippen LogP contribution in [0.25, 0.3) is 0 Å². The molecule has 0 spiro atoms. The normalized spacial score (nSPS) is 46.6. The van der Waals surface area contributed by atoms with Crippen molar-refractivity contribution in [3.05, 3.63) is 0 Å². The van der Waals surface area contributed by atoms with Gasteiger partial charge in [0.25, 0.3) is 0 Å². The van der Waals surface area contributed by atoms with E-state index < -0.39 is 5.79 Å². The highest BCUT2D eigenvalue weighted by molar-refractivity contribution is 5.69. The van der Waals surface area contributed by atoms with E-state index >= 15 is 0 Å². The number of esters is 1. The highest BCUT2D eigenvalue weighted by Crippen LogP contribution is 2.68. The summed E-state index contributed by atoms with van der Waals surface area (Å²) in [4.78, 5) is 11.8. The summed E-state index contributed by atoms with van der Waals surface area (Å²) >= 11 is 0. The summed E-state index contributed by atoms with van der Waals surface area (Å²) in [6.07, 6.45) is 11.9. The van der Waals surface area contributed by atoms with Crippen molar-refractivity contribution in [2.75, 3.05) is 20.3 Å². The zero-order valence-corrected chi connectivity index (χ0v) is 24.9. The van der Waals surface area contributed by atoms with Crippen molar-refractivity contribution in [3.8, 4) is 0 Å². The monoisotopic (exact) mass is 534 g/mol. The molecule has 6 nitrogen and oxygen atoms in total. The van der Waals surface area contributed by atoms with Gasteiger partial charge in [-0.05, 0) is 124 Å². The van der Waals surface area contributed by atoms with Crippen LogP contribution >= 0.6 is 0 Å². The summed E-state index contributed by atoms with van der Waals surface area (Å²) in [7, 11) is 1.49. The molecule has 0 amide bonds. The third kappa shape index (κ3) is 5.33. The summed E-state index contributed by atoms with van der Waals surface area (Å²) in [5, 5.41) is 11.7. The molecule has 0 aromatic rings.